The van der Waals surface area contributed by atoms with Crippen molar-refractivity contribution in [3.05, 3.63) is 30.4 Å². The van der Waals surface area contributed by atoms with Crippen LogP contribution in [-0.2, 0) is 15.7 Å². The van der Waals surface area contributed by atoms with Crippen molar-refractivity contribution in [2.24, 2.45) is 5.73 Å². The number of nitrogens with zero attached hydrogens (tertiary/aromatic N) is 4. The number of hydrogen-bond donors (Lipinski definition) is 1. The Labute approximate surface area is 123 Å². The van der Waals surface area contributed by atoms with Crippen molar-refractivity contribution in [2.75, 3.05) is 6.26 Å². The number of amides is 1. The zero-order valence-corrected chi connectivity index (χ0v) is 12.6. The maximum atomic E-state index is 11.3. The van der Waals surface area contributed by atoms with Gasteiger partial charge < -0.3 is 5.73 Å². The molecule has 0 atom stereocenters. The van der Waals surface area contributed by atoms with Crippen molar-refractivity contribution < 1.29 is 13.2 Å². The molecule has 3 aromatic heterocycles. The first-order valence-corrected chi connectivity index (χ1v) is 8.69. The number of carbonyl (C=O) groups is 1. The molecule has 10 heteroatoms. The molecule has 3 heterocycles. The molecule has 0 unspecified atom stereocenters. The van der Waals surface area contributed by atoms with Gasteiger partial charge in [-0.3, -0.25) is 9.48 Å². The van der Waals surface area contributed by atoms with Crippen molar-refractivity contribution in [1.29, 1.82) is 0 Å². The first-order chi connectivity index (χ1) is 9.83. The molecule has 0 aliphatic rings. The minimum absolute atomic E-state index is 0.179. The summed E-state index contributed by atoms with van der Waals surface area (Å²) in [6, 6.07) is 0. The fourth-order valence-corrected chi connectivity index (χ4v) is 3.55. The number of carbonyl (C=O) groups excluding carboxylic acids is 1. The van der Waals surface area contributed by atoms with Gasteiger partial charge >= 0.3 is 0 Å². The van der Waals surface area contributed by atoms with Gasteiger partial charge in [-0.1, -0.05) is 0 Å². The lowest BCUT2D eigenvalue weighted by Crippen LogP contribution is -2.09. The molecule has 0 spiro atoms. The largest absolute Gasteiger partial charge is 0.365 e. The second-order valence-electron chi connectivity index (χ2n) is 4.59. The van der Waals surface area contributed by atoms with Crippen LogP contribution in [0, 0.1) is 0 Å². The van der Waals surface area contributed by atoms with Crippen LogP contribution in [0.15, 0.2) is 24.8 Å². The minimum atomic E-state index is -3.15. The second kappa shape index (κ2) is 4.67. The van der Waals surface area contributed by atoms with Crippen molar-refractivity contribution in [3.8, 4) is 10.4 Å². The average Bonchev–Trinajstić information content (AvgIpc) is 2.98. The summed E-state index contributed by atoms with van der Waals surface area (Å²) in [6.07, 6.45) is 7.52. The fraction of sp³-hybridized carbons (Fsp3) is 0.182. The third kappa shape index (κ3) is 2.67. The molecule has 21 heavy (non-hydrogen) atoms. The molecule has 1 amide bonds. The maximum Gasteiger partial charge on any atom is 0.253 e. The summed E-state index contributed by atoms with van der Waals surface area (Å²) in [7, 11) is -3.15. The van der Waals surface area contributed by atoms with E-state index in [2.05, 4.69) is 10.2 Å². The van der Waals surface area contributed by atoms with Gasteiger partial charge in [-0.25, -0.2) is 12.9 Å². The van der Waals surface area contributed by atoms with E-state index in [9.17, 15) is 13.2 Å². The molecular formula is C11H11N5O3S2. The van der Waals surface area contributed by atoms with E-state index in [0.717, 1.165) is 16.7 Å². The zero-order chi connectivity index (χ0) is 15.2. The highest BCUT2D eigenvalue weighted by Gasteiger charge is 2.15. The summed E-state index contributed by atoms with van der Waals surface area (Å²) < 4.78 is 25.4. The fourth-order valence-electron chi connectivity index (χ4n) is 1.89. The van der Waals surface area contributed by atoms with E-state index in [4.69, 9.17) is 5.73 Å². The van der Waals surface area contributed by atoms with Crippen LogP contribution in [0.5, 0.6) is 0 Å². The normalized spacial score (nSPS) is 12.0. The van der Waals surface area contributed by atoms with Crippen LogP contribution in [0.1, 0.15) is 10.4 Å². The Morgan fingerprint density at radius 1 is 1.33 bits per heavy atom. The number of rotatable bonds is 4. The highest BCUT2D eigenvalue weighted by Crippen LogP contribution is 2.29. The van der Waals surface area contributed by atoms with Crippen molar-refractivity contribution in [3.63, 3.8) is 0 Å². The van der Waals surface area contributed by atoms with Gasteiger partial charge in [0, 0.05) is 24.2 Å². The molecule has 8 nitrogen and oxygen atoms in total. The van der Waals surface area contributed by atoms with Gasteiger partial charge in [0.15, 0.2) is 9.84 Å². The van der Waals surface area contributed by atoms with Crippen LogP contribution in [0.25, 0.3) is 15.3 Å². The lowest BCUT2D eigenvalue weighted by Gasteiger charge is -1.96. The zero-order valence-electron chi connectivity index (χ0n) is 10.9. The Balaban J connectivity index is 1.99. The minimum Gasteiger partial charge on any atom is -0.365 e. The van der Waals surface area contributed by atoms with E-state index in [-0.39, 0.29) is 5.88 Å². The number of aromatic nitrogens is 4. The first-order valence-electron chi connectivity index (χ1n) is 5.81. The molecule has 3 rings (SSSR count). The van der Waals surface area contributed by atoms with Crippen LogP contribution >= 0.6 is 11.3 Å². The average molecular weight is 325 g/mol. The Morgan fingerprint density at radius 3 is 2.76 bits per heavy atom. The smallest absolute Gasteiger partial charge is 0.253 e. The van der Waals surface area contributed by atoms with Crippen LogP contribution in [0.2, 0.25) is 0 Å². The molecule has 0 saturated carbocycles. The van der Waals surface area contributed by atoms with Crippen LogP contribution in [-0.4, -0.2) is 40.0 Å². The number of fused-ring (bicyclic) bond motifs is 1. The first kappa shape index (κ1) is 13.8. The standard InChI is InChI=1S/C11H11N5O3S2/c1-21(18,19)6-15-4-7(2-13-15)9-5-16-11(20-9)8(3-14-16)10(12)17/h2-5H,6H2,1H3,(H2,12,17). The number of sulfone groups is 1. The molecule has 0 bridgehead atoms. The van der Waals surface area contributed by atoms with Crippen LogP contribution in [0.3, 0.4) is 0 Å². The predicted molar refractivity (Wildman–Crippen MR) is 77.7 cm³/mol. The van der Waals surface area contributed by atoms with E-state index < -0.39 is 15.7 Å². The Kier molecular flexibility index (Phi) is 3.06. The molecule has 0 radical (unpaired) electrons. The lowest BCUT2D eigenvalue weighted by atomic mass is 10.3. The van der Waals surface area contributed by atoms with Crippen LogP contribution in [0.4, 0.5) is 0 Å². The predicted octanol–water partition coefficient (Wildman–Crippen LogP) is 0.360. The van der Waals surface area contributed by atoms with Crippen LogP contribution < -0.4 is 5.73 Å². The Hall–Kier alpha value is -2.20. The summed E-state index contributed by atoms with van der Waals surface area (Å²) in [5, 5.41) is 8.07. The molecular weight excluding hydrogens is 314 g/mol. The Morgan fingerprint density at radius 2 is 2.10 bits per heavy atom. The van der Waals surface area contributed by atoms with Crippen molar-refractivity contribution in [1.82, 2.24) is 19.4 Å². The monoisotopic (exact) mass is 325 g/mol. The van der Waals surface area contributed by atoms with Gasteiger partial charge in [-0.2, -0.15) is 10.2 Å². The second-order valence-corrected chi connectivity index (χ2v) is 7.73. The number of nitrogens with two attached hydrogens (primary N) is 1. The van der Waals surface area contributed by atoms with E-state index in [1.54, 1.807) is 23.1 Å². The summed E-state index contributed by atoms with van der Waals surface area (Å²) in [5.74, 6) is -0.714. The van der Waals surface area contributed by atoms with Gasteiger partial charge in [-0.05, 0) is 0 Å². The SMILES string of the molecule is CS(=O)(=O)Cn1cc(-c2cn3ncc(C(N)=O)c3s2)cn1. The van der Waals surface area contributed by atoms with E-state index in [1.165, 1.54) is 22.2 Å². The molecule has 3 aromatic rings. The van der Waals surface area contributed by atoms with E-state index >= 15 is 0 Å². The van der Waals surface area contributed by atoms with E-state index in [1.807, 2.05) is 0 Å². The third-order valence-electron chi connectivity index (χ3n) is 2.75. The molecule has 0 aromatic carbocycles. The molecule has 0 aliphatic heterocycles. The molecule has 110 valence electrons. The van der Waals surface area contributed by atoms with Crippen molar-refractivity contribution in [2.45, 2.75) is 5.88 Å². The summed E-state index contributed by atoms with van der Waals surface area (Å²) in [4.78, 5) is 12.7. The maximum absolute atomic E-state index is 11.3. The summed E-state index contributed by atoms with van der Waals surface area (Å²) >= 11 is 1.34. The van der Waals surface area contributed by atoms with Gasteiger partial charge in [0.05, 0.1) is 22.8 Å². The molecule has 2 N–H and O–H groups in total. The summed E-state index contributed by atoms with van der Waals surface area (Å²) in [5.41, 5.74) is 6.39. The van der Waals surface area contributed by atoms with Gasteiger partial charge in [0.1, 0.15) is 10.7 Å². The topological polar surface area (TPSA) is 112 Å². The van der Waals surface area contributed by atoms with E-state index in [0.29, 0.717) is 10.4 Å². The van der Waals surface area contributed by atoms with Gasteiger partial charge in [0.25, 0.3) is 5.91 Å². The number of hydrogen-bond acceptors (Lipinski definition) is 6. The summed E-state index contributed by atoms with van der Waals surface area (Å²) in [6.45, 7) is 0. The van der Waals surface area contributed by atoms with Gasteiger partial charge in [0.2, 0.25) is 0 Å². The quantitative estimate of drug-likeness (QED) is 0.744. The Bertz CT molecular complexity index is 934. The van der Waals surface area contributed by atoms with Crippen molar-refractivity contribution >= 4 is 31.9 Å². The van der Waals surface area contributed by atoms with Gasteiger partial charge in [-0.15, -0.1) is 11.3 Å². The highest BCUT2D eigenvalue weighted by molar-refractivity contribution is 7.89. The highest BCUT2D eigenvalue weighted by atomic mass is 32.2. The number of primary amides is 1. The lowest BCUT2D eigenvalue weighted by molar-refractivity contribution is 0.100. The molecule has 0 fully saturated rings. The molecule has 0 saturated heterocycles. The number of thiazole rings is 1. The third-order valence-corrected chi connectivity index (χ3v) is 4.64. The molecule has 0 aliphatic carbocycles.